The number of hydrogen-bond acceptors (Lipinski definition) is 6. The number of likely N-dealkylation sites (tertiary alicyclic amines) is 2. The van der Waals surface area contributed by atoms with Crippen molar-refractivity contribution in [3.8, 4) is 0 Å². The van der Waals surface area contributed by atoms with Crippen LogP contribution >= 0.6 is 0 Å². The van der Waals surface area contributed by atoms with E-state index in [0.717, 1.165) is 44.8 Å². The van der Waals surface area contributed by atoms with Gasteiger partial charge in [-0.25, -0.2) is 9.59 Å². The average Bonchev–Trinajstić information content (AvgIpc) is 3.27. The smallest absolute Gasteiger partial charge is 0.475 e. The minimum Gasteiger partial charge on any atom is -0.475 e. The van der Waals surface area contributed by atoms with Crippen molar-refractivity contribution < 1.29 is 55.7 Å². The molecular formula is C24H31F6N3O6. The largest absolute Gasteiger partial charge is 0.490 e. The third-order valence-electron chi connectivity index (χ3n) is 6.75. The Morgan fingerprint density at radius 2 is 1.56 bits per heavy atom. The van der Waals surface area contributed by atoms with Crippen molar-refractivity contribution in [2.75, 3.05) is 39.4 Å². The summed E-state index contributed by atoms with van der Waals surface area (Å²) >= 11 is 0. The van der Waals surface area contributed by atoms with E-state index in [4.69, 9.17) is 24.5 Å². The van der Waals surface area contributed by atoms with E-state index in [-0.39, 0.29) is 5.91 Å². The Labute approximate surface area is 220 Å². The van der Waals surface area contributed by atoms with E-state index in [1.165, 1.54) is 32.2 Å². The molecule has 1 amide bonds. The summed E-state index contributed by atoms with van der Waals surface area (Å²) in [7, 11) is 0. The molecule has 1 spiro atoms. The molecule has 9 nitrogen and oxygen atoms in total. The summed E-state index contributed by atoms with van der Waals surface area (Å²) in [5.41, 5.74) is 1.34. The number of carboxylic acids is 2. The minimum absolute atomic E-state index is 0.261. The molecule has 0 saturated carbocycles. The fourth-order valence-corrected chi connectivity index (χ4v) is 4.87. The second kappa shape index (κ2) is 13.9. The molecule has 3 fully saturated rings. The number of rotatable bonds is 3. The van der Waals surface area contributed by atoms with E-state index < -0.39 is 24.3 Å². The van der Waals surface area contributed by atoms with Crippen LogP contribution in [0.1, 0.15) is 37.7 Å². The van der Waals surface area contributed by atoms with E-state index in [9.17, 15) is 31.1 Å². The Morgan fingerprint density at radius 3 is 2.08 bits per heavy atom. The number of piperidine rings is 1. The average molecular weight is 572 g/mol. The summed E-state index contributed by atoms with van der Waals surface area (Å²) in [6.45, 7) is 6.02. The van der Waals surface area contributed by atoms with Crippen molar-refractivity contribution in [2.45, 2.75) is 56.9 Å². The summed E-state index contributed by atoms with van der Waals surface area (Å²) in [4.78, 5) is 39.5. The molecule has 1 unspecified atom stereocenters. The first kappa shape index (κ1) is 32.3. The van der Waals surface area contributed by atoms with Crippen LogP contribution in [0.5, 0.6) is 0 Å². The van der Waals surface area contributed by atoms with Crippen LogP contribution in [-0.2, 0) is 25.5 Å². The highest BCUT2D eigenvalue weighted by molar-refractivity contribution is 5.78. The SMILES string of the molecule is O=C(Cc1cccnc1)N1CCCC2(CCN(C3CCOCC3)C2)C1.O=C(O)C(F)(F)F.O=C(O)C(F)(F)F. The number of halogens is 6. The lowest BCUT2D eigenvalue weighted by Gasteiger charge is -2.41. The second-order valence-electron chi connectivity index (χ2n) is 9.63. The Kier molecular flexibility index (Phi) is 11.5. The molecular weight excluding hydrogens is 540 g/mol. The molecule has 2 N–H and O–H groups in total. The van der Waals surface area contributed by atoms with Crippen molar-refractivity contribution in [1.29, 1.82) is 0 Å². The molecule has 1 aromatic heterocycles. The van der Waals surface area contributed by atoms with Crippen LogP contribution in [0.3, 0.4) is 0 Å². The Hall–Kier alpha value is -2.94. The Morgan fingerprint density at radius 1 is 0.974 bits per heavy atom. The molecule has 0 aromatic carbocycles. The van der Waals surface area contributed by atoms with E-state index in [0.29, 0.717) is 17.9 Å². The molecule has 15 heteroatoms. The second-order valence-corrected chi connectivity index (χ2v) is 9.63. The summed E-state index contributed by atoms with van der Waals surface area (Å²) in [6.07, 6.45) is -0.148. The van der Waals surface area contributed by atoms with Crippen LogP contribution in [-0.4, -0.2) is 101 Å². The predicted molar refractivity (Wildman–Crippen MR) is 124 cm³/mol. The monoisotopic (exact) mass is 571 g/mol. The number of carbonyl (C=O) groups is 3. The lowest BCUT2D eigenvalue weighted by Crippen LogP contribution is -2.48. The third-order valence-corrected chi connectivity index (χ3v) is 6.75. The number of alkyl halides is 6. The standard InChI is InChI=1S/C20H29N3O2.2C2HF3O2/c24-19(13-17-3-1-8-21-14-17)23-9-2-6-20(16-23)7-10-22(15-20)18-4-11-25-12-5-18;2*3-2(4,5)1(6)7/h1,3,8,14,18H,2,4-7,9-13,15-16H2;2*(H,6,7). The van der Waals surface area contributed by atoms with Crippen molar-refractivity contribution >= 4 is 17.8 Å². The van der Waals surface area contributed by atoms with Gasteiger partial charge in [0.25, 0.3) is 0 Å². The number of amides is 1. The number of carbonyl (C=O) groups excluding carboxylic acids is 1. The quantitative estimate of drug-likeness (QED) is 0.530. The molecule has 1 atom stereocenters. The molecule has 3 saturated heterocycles. The maximum Gasteiger partial charge on any atom is 0.490 e. The molecule has 220 valence electrons. The van der Waals surface area contributed by atoms with Gasteiger partial charge in [0.15, 0.2) is 0 Å². The highest BCUT2D eigenvalue weighted by Gasteiger charge is 2.44. The molecule has 4 heterocycles. The zero-order chi connectivity index (χ0) is 29.3. The molecule has 0 bridgehead atoms. The zero-order valence-corrected chi connectivity index (χ0v) is 21.0. The molecule has 4 rings (SSSR count). The van der Waals surface area contributed by atoms with Crippen molar-refractivity contribution in [3.05, 3.63) is 30.1 Å². The number of carboxylic acid groups (broad SMARTS) is 2. The normalized spacial score (nSPS) is 22.4. The van der Waals surface area contributed by atoms with Gasteiger partial charge in [0.05, 0.1) is 6.42 Å². The number of nitrogens with zero attached hydrogens (tertiary/aromatic N) is 3. The number of pyridine rings is 1. The van der Waals surface area contributed by atoms with E-state index in [2.05, 4.69) is 14.8 Å². The van der Waals surface area contributed by atoms with Crippen molar-refractivity contribution in [3.63, 3.8) is 0 Å². The maximum atomic E-state index is 12.8. The van der Waals surface area contributed by atoms with E-state index >= 15 is 0 Å². The topological polar surface area (TPSA) is 120 Å². The van der Waals surface area contributed by atoms with E-state index in [1.807, 2.05) is 12.1 Å². The number of hydrogen-bond donors (Lipinski definition) is 2. The van der Waals surface area contributed by atoms with Crippen LogP contribution in [0.2, 0.25) is 0 Å². The van der Waals surface area contributed by atoms with Gasteiger partial charge in [-0.2, -0.15) is 26.3 Å². The van der Waals surface area contributed by atoms with Crippen LogP contribution in [0.25, 0.3) is 0 Å². The van der Waals surface area contributed by atoms with Gasteiger partial charge in [0.2, 0.25) is 5.91 Å². The lowest BCUT2D eigenvalue weighted by atomic mass is 9.79. The summed E-state index contributed by atoms with van der Waals surface area (Å²) in [5, 5.41) is 14.2. The highest BCUT2D eigenvalue weighted by Crippen LogP contribution is 2.40. The van der Waals surface area contributed by atoms with Crippen LogP contribution in [0.4, 0.5) is 26.3 Å². The first-order valence-electron chi connectivity index (χ1n) is 12.2. The van der Waals surface area contributed by atoms with Gasteiger partial charge in [-0.05, 0) is 50.3 Å². The van der Waals surface area contributed by atoms with Gasteiger partial charge in [0, 0.05) is 56.7 Å². The summed E-state index contributed by atoms with van der Waals surface area (Å²) in [5.74, 6) is -5.25. The van der Waals surface area contributed by atoms with Gasteiger partial charge in [0.1, 0.15) is 0 Å². The summed E-state index contributed by atoms with van der Waals surface area (Å²) < 4.78 is 69.0. The van der Waals surface area contributed by atoms with Crippen molar-refractivity contribution in [2.24, 2.45) is 5.41 Å². The number of aliphatic carboxylic acids is 2. The van der Waals surface area contributed by atoms with Gasteiger partial charge in [-0.1, -0.05) is 6.07 Å². The van der Waals surface area contributed by atoms with Gasteiger partial charge < -0.3 is 19.8 Å². The molecule has 3 aliphatic heterocycles. The van der Waals surface area contributed by atoms with Crippen molar-refractivity contribution in [1.82, 2.24) is 14.8 Å². The van der Waals surface area contributed by atoms with Gasteiger partial charge in [-0.15, -0.1) is 0 Å². The molecule has 3 aliphatic rings. The van der Waals surface area contributed by atoms with Gasteiger partial charge in [-0.3, -0.25) is 14.7 Å². The zero-order valence-electron chi connectivity index (χ0n) is 21.0. The predicted octanol–water partition coefficient (Wildman–Crippen LogP) is 3.38. The lowest BCUT2D eigenvalue weighted by molar-refractivity contribution is -0.193. The highest BCUT2D eigenvalue weighted by atomic mass is 19.4. The van der Waals surface area contributed by atoms with E-state index in [1.54, 1.807) is 12.4 Å². The van der Waals surface area contributed by atoms with Crippen LogP contribution in [0.15, 0.2) is 24.5 Å². The Bertz CT molecular complexity index is 932. The molecule has 39 heavy (non-hydrogen) atoms. The number of aromatic nitrogens is 1. The van der Waals surface area contributed by atoms with Gasteiger partial charge >= 0.3 is 24.3 Å². The minimum atomic E-state index is -5.08. The third kappa shape index (κ3) is 10.6. The Balaban J connectivity index is 0.000000317. The maximum absolute atomic E-state index is 12.8. The van der Waals surface area contributed by atoms with Crippen LogP contribution < -0.4 is 0 Å². The molecule has 1 aromatic rings. The number of ether oxygens (including phenoxy) is 1. The molecule has 0 radical (unpaired) electrons. The summed E-state index contributed by atoms with van der Waals surface area (Å²) in [6, 6.07) is 4.59. The fraction of sp³-hybridized carbons (Fsp3) is 0.667. The first-order valence-corrected chi connectivity index (χ1v) is 12.2. The van der Waals surface area contributed by atoms with Crippen LogP contribution in [0, 0.1) is 5.41 Å². The molecule has 0 aliphatic carbocycles. The fourth-order valence-electron chi connectivity index (χ4n) is 4.87. The first-order chi connectivity index (χ1) is 18.1.